The molecule has 2 heterocycles. The Morgan fingerprint density at radius 1 is 1.53 bits per heavy atom. The van der Waals surface area contributed by atoms with Crippen molar-refractivity contribution in [2.45, 2.75) is 39.7 Å². The minimum Gasteiger partial charge on any atom is -0.327 e. The number of nitrogens with two attached hydrogens (primary N) is 1. The van der Waals surface area contributed by atoms with Gasteiger partial charge in [0.05, 0.1) is 5.69 Å². The minimum absolute atomic E-state index is 0.239. The Bertz CT molecular complexity index is 469. The molecule has 0 saturated heterocycles. The second kappa shape index (κ2) is 3.94. The quantitative estimate of drug-likeness (QED) is 0.867. The average molecular weight is 223 g/mol. The van der Waals surface area contributed by atoms with Crippen LogP contribution in [0.4, 0.5) is 0 Å². The summed E-state index contributed by atoms with van der Waals surface area (Å²) in [7, 11) is 0. The molecule has 82 valence electrons. The van der Waals surface area contributed by atoms with Crippen molar-refractivity contribution in [1.29, 1.82) is 0 Å². The fraction of sp³-hybridized carbons (Fsp3) is 0.545. The summed E-state index contributed by atoms with van der Waals surface area (Å²) in [5, 5.41) is 2.14. The number of aromatic nitrogens is 2. The zero-order valence-corrected chi connectivity index (χ0v) is 10.3. The topological polar surface area (TPSA) is 43.3 Å². The summed E-state index contributed by atoms with van der Waals surface area (Å²) in [6.45, 7) is 6.31. The van der Waals surface area contributed by atoms with Gasteiger partial charge in [0, 0.05) is 29.2 Å². The van der Waals surface area contributed by atoms with Crippen LogP contribution >= 0.6 is 11.3 Å². The van der Waals surface area contributed by atoms with Crippen LogP contribution in [0.25, 0.3) is 4.96 Å². The summed E-state index contributed by atoms with van der Waals surface area (Å²) in [5.74, 6) is 0. The van der Waals surface area contributed by atoms with Crippen LogP contribution in [0.1, 0.15) is 30.4 Å². The molecule has 0 aliphatic carbocycles. The number of aryl methyl sites for hydroxylation is 2. The van der Waals surface area contributed by atoms with Gasteiger partial charge >= 0.3 is 0 Å². The van der Waals surface area contributed by atoms with Crippen molar-refractivity contribution in [3.8, 4) is 0 Å². The highest BCUT2D eigenvalue weighted by Crippen LogP contribution is 2.21. The van der Waals surface area contributed by atoms with Gasteiger partial charge in [0.15, 0.2) is 4.96 Å². The fourth-order valence-electron chi connectivity index (χ4n) is 1.80. The molecule has 0 bridgehead atoms. The Balaban J connectivity index is 2.47. The number of hydrogen-bond donors (Lipinski definition) is 1. The van der Waals surface area contributed by atoms with Crippen LogP contribution in [-0.2, 0) is 6.42 Å². The maximum absolute atomic E-state index is 6.01. The van der Waals surface area contributed by atoms with Crippen LogP contribution in [0.2, 0.25) is 0 Å². The summed E-state index contributed by atoms with van der Waals surface area (Å²) in [4.78, 5) is 5.63. The van der Waals surface area contributed by atoms with E-state index in [1.54, 1.807) is 11.3 Å². The van der Waals surface area contributed by atoms with Gasteiger partial charge in [-0.2, -0.15) is 0 Å². The molecule has 1 unspecified atom stereocenters. The first kappa shape index (κ1) is 10.6. The average Bonchev–Trinajstić information content (AvgIpc) is 2.69. The standard InChI is InChI=1S/C11H17N3S/c1-4-9(12)5-10-8(3)13-11-14(10)7(2)6-15-11/h6,9H,4-5,12H2,1-3H3. The van der Waals surface area contributed by atoms with E-state index in [0.29, 0.717) is 0 Å². The Morgan fingerprint density at radius 2 is 2.27 bits per heavy atom. The molecule has 2 rings (SSSR count). The van der Waals surface area contributed by atoms with E-state index < -0.39 is 0 Å². The van der Waals surface area contributed by atoms with Crippen LogP contribution in [0.5, 0.6) is 0 Å². The Hall–Kier alpha value is -0.870. The summed E-state index contributed by atoms with van der Waals surface area (Å²) >= 11 is 1.69. The van der Waals surface area contributed by atoms with Gasteiger partial charge in [-0.15, -0.1) is 11.3 Å². The van der Waals surface area contributed by atoms with Crippen LogP contribution in [0.3, 0.4) is 0 Å². The molecule has 4 heteroatoms. The zero-order valence-electron chi connectivity index (χ0n) is 9.45. The molecule has 0 aliphatic heterocycles. The van der Waals surface area contributed by atoms with Gasteiger partial charge in [0.2, 0.25) is 0 Å². The maximum atomic E-state index is 6.01. The van der Waals surface area contributed by atoms with Gasteiger partial charge in [0.1, 0.15) is 0 Å². The van der Waals surface area contributed by atoms with E-state index in [1.807, 2.05) is 0 Å². The molecule has 0 saturated carbocycles. The zero-order chi connectivity index (χ0) is 11.0. The fourth-order valence-corrected chi connectivity index (χ4v) is 2.73. The van der Waals surface area contributed by atoms with Gasteiger partial charge < -0.3 is 5.73 Å². The van der Waals surface area contributed by atoms with Crippen molar-refractivity contribution in [2.24, 2.45) is 5.73 Å². The van der Waals surface area contributed by atoms with Crippen LogP contribution in [0, 0.1) is 13.8 Å². The Labute approximate surface area is 93.9 Å². The molecule has 2 aromatic heterocycles. The van der Waals surface area contributed by atoms with Gasteiger partial charge in [-0.3, -0.25) is 4.40 Å². The molecule has 0 aliphatic rings. The molecular formula is C11H17N3S. The van der Waals surface area contributed by atoms with Crippen molar-refractivity contribution < 1.29 is 0 Å². The van der Waals surface area contributed by atoms with E-state index in [4.69, 9.17) is 5.73 Å². The lowest BCUT2D eigenvalue weighted by atomic mass is 10.1. The molecule has 3 nitrogen and oxygen atoms in total. The molecule has 2 N–H and O–H groups in total. The van der Waals surface area contributed by atoms with Crippen molar-refractivity contribution in [3.63, 3.8) is 0 Å². The third-order valence-corrected chi connectivity index (χ3v) is 3.75. The number of nitrogens with zero attached hydrogens (tertiary/aromatic N) is 2. The highest BCUT2D eigenvalue weighted by molar-refractivity contribution is 7.15. The molecule has 0 radical (unpaired) electrons. The SMILES string of the molecule is CCC(N)Cc1c(C)nc2scc(C)n12. The Morgan fingerprint density at radius 3 is 2.93 bits per heavy atom. The van der Waals surface area contributed by atoms with Gasteiger partial charge in [-0.1, -0.05) is 6.92 Å². The van der Waals surface area contributed by atoms with Crippen LogP contribution < -0.4 is 5.73 Å². The predicted octanol–water partition coefficient (Wildman–Crippen LogP) is 2.29. The monoisotopic (exact) mass is 223 g/mol. The number of thiazole rings is 1. The Kier molecular flexibility index (Phi) is 2.80. The number of rotatable bonds is 3. The highest BCUT2D eigenvalue weighted by atomic mass is 32.1. The molecule has 0 fully saturated rings. The second-order valence-electron chi connectivity index (χ2n) is 4.01. The lowest BCUT2D eigenvalue weighted by Gasteiger charge is -2.09. The summed E-state index contributed by atoms with van der Waals surface area (Å²) < 4.78 is 2.23. The second-order valence-corrected chi connectivity index (χ2v) is 4.85. The number of hydrogen-bond acceptors (Lipinski definition) is 3. The first-order chi connectivity index (χ1) is 7.13. The minimum atomic E-state index is 0.239. The third kappa shape index (κ3) is 1.79. The first-order valence-corrected chi connectivity index (χ1v) is 6.19. The van der Waals surface area contributed by atoms with E-state index in [2.05, 4.69) is 35.5 Å². The molecular weight excluding hydrogens is 206 g/mol. The molecule has 0 spiro atoms. The maximum Gasteiger partial charge on any atom is 0.194 e. The highest BCUT2D eigenvalue weighted by Gasteiger charge is 2.14. The number of imidazole rings is 1. The molecule has 1 atom stereocenters. The summed E-state index contributed by atoms with van der Waals surface area (Å²) in [5.41, 5.74) is 9.66. The van der Waals surface area contributed by atoms with Crippen LogP contribution in [-0.4, -0.2) is 15.4 Å². The van der Waals surface area contributed by atoms with E-state index in [1.165, 1.54) is 11.4 Å². The largest absolute Gasteiger partial charge is 0.327 e. The first-order valence-electron chi connectivity index (χ1n) is 5.31. The van der Waals surface area contributed by atoms with E-state index >= 15 is 0 Å². The molecule has 0 amide bonds. The molecule has 2 aromatic rings. The summed E-state index contributed by atoms with van der Waals surface area (Å²) in [6, 6.07) is 0.239. The number of fused-ring (bicyclic) bond motifs is 1. The predicted molar refractivity (Wildman–Crippen MR) is 64.5 cm³/mol. The van der Waals surface area contributed by atoms with Crippen LogP contribution in [0.15, 0.2) is 5.38 Å². The van der Waals surface area contributed by atoms with Gasteiger partial charge in [-0.05, 0) is 20.3 Å². The summed E-state index contributed by atoms with van der Waals surface area (Å²) in [6.07, 6.45) is 1.93. The molecule has 0 aromatic carbocycles. The lowest BCUT2D eigenvalue weighted by molar-refractivity contribution is 0.631. The van der Waals surface area contributed by atoms with Gasteiger partial charge in [0.25, 0.3) is 0 Å². The van der Waals surface area contributed by atoms with E-state index in [0.717, 1.165) is 23.5 Å². The van der Waals surface area contributed by atoms with Crippen molar-refractivity contribution >= 4 is 16.3 Å². The van der Waals surface area contributed by atoms with Crippen molar-refractivity contribution in [2.75, 3.05) is 0 Å². The van der Waals surface area contributed by atoms with Gasteiger partial charge in [-0.25, -0.2) is 4.98 Å². The van der Waals surface area contributed by atoms with Crippen molar-refractivity contribution in [3.05, 3.63) is 22.5 Å². The smallest absolute Gasteiger partial charge is 0.194 e. The van der Waals surface area contributed by atoms with Crippen molar-refractivity contribution in [1.82, 2.24) is 9.38 Å². The lowest BCUT2D eigenvalue weighted by Crippen LogP contribution is -2.22. The normalized spacial score (nSPS) is 13.6. The molecule has 15 heavy (non-hydrogen) atoms. The van der Waals surface area contributed by atoms with E-state index in [9.17, 15) is 0 Å². The van der Waals surface area contributed by atoms with E-state index in [-0.39, 0.29) is 6.04 Å². The third-order valence-electron chi connectivity index (χ3n) is 2.81.